The summed E-state index contributed by atoms with van der Waals surface area (Å²) in [6, 6.07) is 8.58. The fourth-order valence-corrected chi connectivity index (χ4v) is 3.62. The molecule has 3 aromatic heterocycles. The van der Waals surface area contributed by atoms with Crippen molar-refractivity contribution in [3.63, 3.8) is 0 Å². The molecule has 9 nitrogen and oxygen atoms in total. The first-order valence-electron chi connectivity index (χ1n) is 9.34. The van der Waals surface area contributed by atoms with Crippen LogP contribution in [0.5, 0.6) is 0 Å². The van der Waals surface area contributed by atoms with Crippen molar-refractivity contribution >= 4 is 24.8 Å². The molecule has 4 rings (SSSR count). The third-order valence-corrected chi connectivity index (χ3v) is 5.22. The molecule has 4 aromatic rings. The van der Waals surface area contributed by atoms with Gasteiger partial charge in [-0.05, 0) is 24.3 Å². The Bertz CT molecular complexity index is 1180. The van der Waals surface area contributed by atoms with Crippen molar-refractivity contribution in [2.24, 2.45) is 7.05 Å². The molecule has 0 fully saturated rings. The van der Waals surface area contributed by atoms with Crippen molar-refractivity contribution in [3.05, 3.63) is 84.3 Å². The van der Waals surface area contributed by atoms with Gasteiger partial charge in [0.25, 0.3) is 0 Å². The quantitative estimate of drug-likeness (QED) is 0.415. The molecule has 0 amide bonds. The molecular formula is C21H26Cl2F2N6O3. The van der Waals surface area contributed by atoms with Crippen LogP contribution in [0.1, 0.15) is 24.1 Å². The number of hydrogen-bond acceptors (Lipinski definition) is 5. The number of nitrogens with zero attached hydrogens (tertiary/aromatic N) is 6. The lowest BCUT2D eigenvalue weighted by atomic mass is 9.78. The predicted octanol–water partition coefficient (Wildman–Crippen LogP) is 2.24. The van der Waals surface area contributed by atoms with Gasteiger partial charge in [0.2, 0.25) is 0 Å². The Kier molecular flexibility index (Phi) is 11.4. The summed E-state index contributed by atoms with van der Waals surface area (Å²) in [7, 11) is 1.80. The Morgan fingerprint density at radius 2 is 1.85 bits per heavy atom. The second-order valence-electron chi connectivity index (χ2n) is 7.17. The van der Waals surface area contributed by atoms with E-state index >= 15 is 0 Å². The fourth-order valence-electron chi connectivity index (χ4n) is 3.62. The maximum absolute atomic E-state index is 14.8. The zero-order valence-electron chi connectivity index (χ0n) is 18.3. The van der Waals surface area contributed by atoms with E-state index in [0.717, 1.165) is 12.1 Å². The lowest BCUT2D eigenvalue weighted by molar-refractivity contribution is -0.0121. The summed E-state index contributed by atoms with van der Waals surface area (Å²) in [5.74, 6) is -2.27. The van der Waals surface area contributed by atoms with Gasteiger partial charge >= 0.3 is 0 Å². The van der Waals surface area contributed by atoms with E-state index in [4.69, 9.17) is 0 Å². The maximum atomic E-state index is 14.8. The van der Waals surface area contributed by atoms with Crippen molar-refractivity contribution < 1.29 is 24.8 Å². The third-order valence-electron chi connectivity index (χ3n) is 5.22. The highest BCUT2D eigenvalue weighted by atomic mass is 35.5. The van der Waals surface area contributed by atoms with Gasteiger partial charge in [-0.15, -0.1) is 24.8 Å². The average Bonchev–Trinajstić information content (AvgIpc) is 3.39. The molecule has 0 aliphatic heterocycles. The Morgan fingerprint density at radius 3 is 2.44 bits per heavy atom. The SMILES string of the molecule is C[C@@H](c1ncccc1-c1ccn(C)n1)[C@](O)(Cn1cncn1)c1ccc(F)cc1F.Cl.Cl.O.O. The second-order valence-corrected chi connectivity index (χ2v) is 7.17. The summed E-state index contributed by atoms with van der Waals surface area (Å²) in [6.07, 6.45) is 6.16. The summed E-state index contributed by atoms with van der Waals surface area (Å²) < 4.78 is 31.4. The van der Waals surface area contributed by atoms with Crippen molar-refractivity contribution in [1.82, 2.24) is 29.5 Å². The van der Waals surface area contributed by atoms with Crippen LogP contribution in [0, 0.1) is 11.6 Å². The molecule has 34 heavy (non-hydrogen) atoms. The zero-order valence-corrected chi connectivity index (χ0v) is 19.9. The molecule has 0 bridgehead atoms. The van der Waals surface area contributed by atoms with Crippen LogP contribution in [0.4, 0.5) is 8.78 Å². The van der Waals surface area contributed by atoms with Gasteiger partial charge in [0.1, 0.15) is 29.9 Å². The van der Waals surface area contributed by atoms with Gasteiger partial charge in [-0.3, -0.25) is 9.67 Å². The number of aliphatic hydroxyl groups is 1. The minimum Gasteiger partial charge on any atom is -0.412 e. The van der Waals surface area contributed by atoms with Crippen LogP contribution in [-0.4, -0.2) is 45.6 Å². The third kappa shape index (κ3) is 5.93. The normalized spacial score (nSPS) is 12.7. The number of aryl methyl sites for hydroxylation is 1. The van der Waals surface area contributed by atoms with Gasteiger partial charge in [0, 0.05) is 42.6 Å². The highest BCUT2D eigenvalue weighted by molar-refractivity contribution is 5.85. The fraction of sp³-hybridized carbons (Fsp3) is 0.238. The van der Waals surface area contributed by atoms with Crippen LogP contribution >= 0.6 is 24.8 Å². The Balaban J connectivity index is 0.00000272. The molecule has 0 radical (unpaired) electrons. The maximum Gasteiger partial charge on any atom is 0.137 e. The molecule has 2 atom stereocenters. The van der Waals surface area contributed by atoms with Gasteiger partial charge in [0.05, 0.1) is 17.9 Å². The van der Waals surface area contributed by atoms with Crippen LogP contribution in [0.25, 0.3) is 11.3 Å². The van der Waals surface area contributed by atoms with Crippen LogP contribution in [0.2, 0.25) is 0 Å². The Morgan fingerprint density at radius 1 is 1.12 bits per heavy atom. The molecule has 0 unspecified atom stereocenters. The van der Waals surface area contributed by atoms with Crippen molar-refractivity contribution in [2.75, 3.05) is 0 Å². The number of benzene rings is 1. The smallest absolute Gasteiger partial charge is 0.137 e. The lowest BCUT2D eigenvalue weighted by Crippen LogP contribution is -2.38. The molecule has 0 spiro atoms. The lowest BCUT2D eigenvalue weighted by Gasteiger charge is -2.35. The van der Waals surface area contributed by atoms with E-state index in [2.05, 4.69) is 20.2 Å². The molecule has 0 aliphatic carbocycles. The molecule has 13 heteroatoms. The van der Waals surface area contributed by atoms with Crippen molar-refractivity contribution in [1.29, 1.82) is 0 Å². The first kappa shape index (κ1) is 31.0. The number of hydrogen-bond donors (Lipinski definition) is 1. The highest BCUT2D eigenvalue weighted by Gasteiger charge is 2.41. The molecule has 186 valence electrons. The van der Waals surface area contributed by atoms with E-state index in [-0.39, 0.29) is 47.9 Å². The van der Waals surface area contributed by atoms with Gasteiger partial charge in [-0.25, -0.2) is 18.4 Å². The molecule has 3 heterocycles. The van der Waals surface area contributed by atoms with Crippen molar-refractivity contribution in [3.8, 4) is 11.3 Å². The monoisotopic (exact) mass is 518 g/mol. The van der Waals surface area contributed by atoms with Crippen LogP contribution < -0.4 is 0 Å². The largest absolute Gasteiger partial charge is 0.412 e. The van der Waals surface area contributed by atoms with Crippen LogP contribution in [0.3, 0.4) is 0 Å². The molecule has 0 saturated heterocycles. The Labute approximate surface area is 206 Å². The topological polar surface area (TPSA) is 145 Å². The molecule has 0 aliphatic rings. The van der Waals surface area contributed by atoms with E-state index < -0.39 is 23.2 Å². The number of rotatable bonds is 6. The number of pyridine rings is 1. The molecule has 5 N–H and O–H groups in total. The van der Waals surface area contributed by atoms with E-state index in [1.807, 2.05) is 12.1 Å². The summed E-state index contributed by atoms with van der Waals surface area (Å²) in [5, 5.41) is 20.3. The Hall–Kier alpha value is -2.96. The molecule has 0 saturated carbocycles. The van der Waals surface area contributed by atoms with E-state index in [0.29, 0.717) is 17.0 Å². The number of halogens is 4. The van der Waals surface area contributed by atoms with Gasteiger partial charge < -0.3 is 16.1 Å². The van der Waals surface area contributed by atoms with E-state index in [1.165, 1.54) is 23.4 Å². The second kappa shape index (κ2) is 12.5. The zero-order chi connectivity index (χ0) is 21.3. The van der Waals surface area contributed by atoms with Gasteiger partial charge in [-0.2, -0.15) is 10.2 Å². The summed E-state index contributed by atoms with van der Waals surface area (Å²) >= 11 is 0. The van der Waals surface area contributed by atoms with E-state index in [9.17, 15) is 13.9 Å². The molecule has 1 aromatic carbocycles. The standard InChI is InChI=1S/C21H20F2N6O.2ClH.2H2O/c1-14(20-16(4-3-8-25-20)19-7-9-28(2)27-19)21(30,11-29-13-24-12-26-29)17-6-5-15(22)10-18(17)23;;;;/h3-10,12-14,30H,11H2,1-2H3;2*1H;2*1H2/t14-,21+;;;;/m0..../s1. The minimum absolute atomic E-state index is 0. The first-order valence-corrected chi connectivity index (χ1v) is 9.34. The summed E-state index contributed by atoms with van der Waals surface area (Å²) in [4.78, 5) is 8.38. The van der Waals surface area contributed by atoms with Crippen LogP contribution in [0.15, 0.2) is 61.4 Å². The van der Waals surface area contributed by atoms with Gasteiger partial charge in [0.15, 0.2) is 0 Å². The van der Waals surface area contributed by atoms with Gasteiger partial charge in [-0.1, -0.05) is 13.0 Å². The summed E-state index contributed by atoms with van der Waals surface area (Å²) in [6.45, 7) is 1.64. The summed E-state index contributed by atoms with van der Waals surface area (Å²) in [5.41, 5.74) is 0.0796. The highest BCUT2D eigenvalue weighted by Crippen LogP contribution is 2.41. The average molecular weight is 519 g/mol. The predicted molar refractivity (Wildman–Crippen MR) is 127 cm³/mol. The molecular weight excluding hydrogens is 493 g/mol. The van der Waals surface area contributed by atoms with Crippen molar-refractivity contribution in [2.45, 2.75) is 25.0 Å². The minimum atomic E-state index is -1.79. The van der Waals surface area contributed by atoms with E-state index in [1.54, 1.807) is 37.1 Å². The first-order chi connectivity index (χ1) is 14.4. The van der Waals surface area contributed by atoms with Crippen LogP contribution in [-0.2, 0) is 19.2 Å². The number of aromatic nitrogens is 6.